The summed E-state index contributed by atoms with van der Waals surface area (Å²) in [6, 6.07) is 57.0. The molecule has 10 rings (SSSR count). The molecule has 0 radical (unpaired) electrons. The molecule has 0 N–H and O–H groups in total. The maximum Gasteiger partial charge on any atom is 0.164 e. The molecule has 0 saturated heterocycles. The van der Waals surface area contributed by atoms with Crippen LogP contribution in [0, 0.1) is 0 Å². The van der Waals surface area contributed by atoms with Gasteiger partial charge in [-0.25, -0.2) is 15.0 Å². The summed E-state index contributed by atoms with van der Waals surface area (Å²) in [5, 5.41) is 4.57. The third kappa shape index (κ3) is 4.87. The molecule has 0 atom stereocenters. The summed E-state index contributed by atoms with van der Waals surface area (Å²) in [5.74, 6) is 1.86. The Balaban J connectivity index is 1.18. The molecule has 0 saturated carbocycles. The number of nitrogens with zero attached hydrogens (tertiary/aromatic N) is 3. The van der Waals surface area contributed by atoms with Crippen molar-refractivity contribution in [1.82, 2.24) is 15.0 Å². The van der Waals surface area contributed by atoms with Crippen LogP contribution in [0.5, 0.6) is 0 Å². The monoisotopic (exact) mass is 657 g/mol. The predicted octanol–water partition coefficient (Wildman–Crippen LogP) is 12.5. The van der Waals surface area contributed by atoms with Crippen LogP contribution in [0.4, 0.5) is 0 Å². The van der Waals surface area contributed by atoms with Crippen molar-refractivity contribution in [3.8, 4) is 56.4 Å². The van der Waals surface area contributed by atoms with Crippen molar-refractivity contribution in [2.75, 3.05) is 0 Å². The van der Waals surface area contributed by atoms with E-state index in [0.29, 0.717) is 17.5 Å². The normalized spacial score (nSPS) is 11.6. The van der Waals surface area contributed by atoms with Crippen LogP contribution in [0.25, 0.3) is 98.5 Å². The number of benzene rings is 7. The quantitative estimate of drug-likeness (QED) is 0.185. The number of hydrogen-bond acceptors (Lipinski definition) is 5. The number of thiophene rings is 1. The fraction of sp³-hybridized carbons (Fsp3) is 0. The maximum absolute atomic E-state index is 6.24. The highest BCUT2D eigenvalue weighted by Crippen LogP contribution is 2.44. The van der Waals surface area contributed by atoms with E-state index in [-0.39, 0.29) is 0 Å². The van der Waals surface area contributed by atoms with E-state index in [1.165, 1.54) is 42.4 Å². The average molecular weight is 658 g/mol. The Morgan fingerprint density at radius 1 is 0.360 bits per heavy atom. The molecular weight excluding hydrogens is 631 g/mol. The summed E-state index contributed by atoms with van der Waals surface area (Å²) in [6.45, 7) is 0. The molecule has 3 aromatic heterocycles. The molecule has 3 heterocycles. The van der Waals surface area contributed by atoms with E-state index < -0.39 is 0 Å². The van der Waals surface area contributed by atoms with Gasteiger partial charge in [0.2, 0.25) is 0 Å². The van der Waals surface area contributed by atoms with E-state index >= 15 is 0 Å². The molecule has 50 heavy (non-hydrogen) atoms. The lowest BCUT2D eigenvalue weighted by Gasteiger charge is -2.10. The molecule has 0 aliphatic heterocycles. The van der Waals surface area contributed by atoms with Gasteiger partial charge in [-0.15, -0.1) is 11.3 Å². The van der Waals surface area contributed by atoms with Gasteiger partial charge in [0.1, 0.15) is 11.2 Å². The molecule has 234 valence electrons. The van der Waals surface area contributed by atoms with Crippen molar-refractivity contribution in [3.05, 3.63) is 164 Å². The van der Waals surface area contributed by atoms with Gasteiger partial charge in [-0.1, -0.05) is 115 Å². The average Bonchev–Trinajstić information content (AvgIpc) is 3.76. The number of aromatic nitrogens is 3. The highest BCUT2D eigenvalue weighted by atomic mass is 32.1. The highest BCUT2D eigenvalue weighted by molar-refractivity contribution is 7.26. The summed E-state index contributed by atoms with van der Waals surface area (Å²) in [6.07, 6.45) is 0. The summed E-state index contributed by atoms with van der Waals surface area (Å²) in [7, 11) is 0. The first-order valence-electron chi connectivity index (χ1n) is 16.6. The number of furan rings is 1. The van der Waals surface area contributed by atoms with Crippen molar-refractivity contribution >= 4 is 53.4 Å². The van der Waals surface area contributed by atoms with E-state index in [1.54, 1.807) is 0 Å². The minimum absolute atomic E-state index is 0.601. The SMILES string of the molecule is c1ccc(-c2cc(-c3ccccc3)c3sc4ccc(-c5nc(-c6ccccc6)nc(-c6ccc7c(c6)oc6ccccc67)n5)cc4c3c2)cc1. The first-order valence-corrected chi connectivity index (χ1v) is 17.4. The molecular formula is C45H27N3OS. The largest absolute Gasteiger partial charge is 0.456 e. The second-order valence-electron chi connectivity index (χ2n) is 12.4. The van der Waals surface area contributed by atoms with Crippen LogP contribution >= 0.6 is 11.3 Å². The Morgan fingerprint density at radius 2 is 0.920 bits per heavy atom. The number of rotatable bonds is 5. The first kappa shape index (κ1) is 28.6. The van der Waals surface area contributed by atoms with Crippen LogP contribution in [-0.2, 0) is 0 Å². The van der Waals surface area contributed by atoms with Crippen LogP contribution in [0.15, 0.2) is 168 Å². The number of fused-ring (bicyclic) bond motifs is 6. The van der Waals surface area contributed by atoms with Crippen LogP contribution in [-0.4, -0.2) is 15.0 Å². The molecule has 0 bridgehead atoms. The van der Waals surface area contributed by atoms with Gasteiger partial charge < -0.3 is 4.42 Å². The van der Waals surface area contributed by atoms with E-state index in [9.17, 15) is 0 Å². The van der Waals surface area contributed by atoms with Gasteiger partial charge in [-0.05, 0) is 65.2 Å². The predicted molar refractivity (Wildman–Crippen MR) is 207 cm³/mol. The van der Waals surface area contributed by atoms with Gasteiger partial charge in [-0.2, -0.15) is 0 Å². The molecule has 0 aliphatic rings. The first-order chi connectivity index (χ1) is 24.7. The number of para-hydroxylation sites is 1. The molecule has 5 heteroatoms. The second-order valence-corrected chi connectivity index (χ2v) is 13.5. The van der Waals surface area contributed by atoms with Gasteiger partial charge in [-0.3, -0.25) is 0 Å². The lowest BCUT2D eigenvalue weighted by Crippen LogP contribution is -2.00. The molecule has 7 aromatic carbocycles. The fourth-order valence-electron chi connectivity index (χ4n) is 6.86. The van der Waals surface area contributed by atoms with Crippen LogP contribution in [0.1, 0.15) is 0 Å². The van der Waals surface area contributed by atoms with Crippen LogP contribution < -0.4 is 0 Å². The summed E-state index contributed by atoms with van der Waals surface area (Å²) < 4.78 is 8.73. The molecule has 4 nitrogen and oxygen atoms in total. The minimum Gasteiger partial charge on any atom is -0.456 e. The Bertz CT molecular complexity index is 2860. The minimum atomic E-state index is 0.601. The Kier molecular flexibility index (Phi) is 6.64. The summed E-state index contributed by atoms with van der Waals surface area (Å²) in [4.78, 5) is 15.1. The Morgan fingerprint density at radius 3 is 1.66 bits per heavy atom. The van der Waals surface area contributed by atoms with Gasteiger partial charge in [0, 0.05) is 53.2 Å². The van der Waals surface area contributed by atoms with E-state index in [2.05, 4.69) is 109 Å². The topological polar surface area (TPSA) is 51.8 Å². The van der Waals surface area contributed by atoms with Crippen molar-refractivity contribution in [2.45, 2.75) is 0 Å². The highest BCUT2D eigenvalue weighted by Gasteiger charge is 2.18. The zero-order valence-electron chi connectivity index (χ0n) is 26.7. The molecule has 0 spiro atoms. The molecule has 0 fully saturated rings. The van der Waals surface area contributed by atoms with E-state index in [4.69, 9.17) is 19.4 Å². The Labute approximate surface area is 292 Å². The molecule has 0 aliphatic carbocycles. The number of hydrogen-bond donors (Lipinski definition) is 0. The molecule has 10 aromatic rings. The second kappa shape index (κ2) is 11.6. The van der Waals surface area contributed by atoms with Crippen LogP contribution in [0.3, 0.4) is 0 Å². The zero-order chi connectivity index (χ0) is 33.0. The maximum atomic E-state index is 6.24. The van der Waals surface area contributed by atoms with Gasteiger partial charge >= 0.3 is 0 Å². The lowest BCUT2D eigenvalue weighted by atomic mass is 9.96. The van der Waals surface area contributed by atoms with Gasteiger partial charge in [0.05, 0.1) is 0 Å². The van der Waals surface area contributed by atoms with E-state index in [0.717, 1.165) is 38.6 Å². The third-order valence-electron chi connectivity index (χ3n) is 9.33. The molecule has 0 amide bonds. The smallest absolute Gasteiger partial charge is 0.164 e. The van der Waals surface area contributed by atoms with E-state index in [1.807, 2.05) is 65.9 Å². The standard InChI is InChI=1S/C45H27N3OS/c1-4-12-28(13-5-1)33-25-36(29-14-6-2-7-15-29)42-38(26-33)37-24-31(21-23-41(37)50-42)44-46-43(30-16-8-3-9-17-30)47-45(48-44)32-20-22-35-34-18-10-11-19-39(34)49-40(35)27-32/h1-27H. The molecule has 0 unspecified atom stereocenters. The fourth-order valence-corrected chi connectivity index (χ4v) is 8.06. The van der Waals surface area contributed by atoms with Crippen molar-refractivity contribution in [1.29, 1.82) is 0 Å². The lowest BCUT2D eigenvalue weighted by molar-refractivity contribution is 0.669. The van der Waals surface area contributed by atoms with Crippen LogP contribution in [0.2, 0.25) is 0 Å². The zero-order valence-corrected chi connectivity index (χ0v) is 27.6. The van der Waals surface area contributed by atoms with Gasteiger partial charge in [0.25, 0.3) is 0 Å². The van der Waals surface area contributed by atoms with Crippen molar-refractivity contribution in [2.24, 2.45) is 0 Å². The summed E-state index contributed by atoms with van der Waals surface area (Å²) in [5.41, 5.74) is 9.25. The van der Waals surface area contributed by atoms with Crippen molar-refractivity contribution < 1.29 is 4.42 Å². The Hall–Kier alpha value is -6.43. The van der Waals surface area contributed by atoms with Gasteiger partial charge in [0.15, 0.2) is 17.5 Å². The third-order valence-corrected chi connectivity index (χ3v) is 10.5. The van der Waals surface area contributed by atoms with Crippen molar-refractivity contribution in [3.63, 3.8) is 0 Å². The summed E-state index contributed by atoms with van der Waals surface area (Å²) >= 11 is 1.83.